The average molecular weight is 566 g/mol. The first-order chi connectivity index (χ1) is 20.4. The van der Waals surface area contributed by atoms with Crippen molar-refractivity contribution in [3.8, 4) is 17.0 Å². The van der Waals surface area contributed by atoms with E-state index in [1.807, 2.05) is 48.0 Å². The van der Waals surface area contributed by atoms with Crippen LogP contribution in [0.1, 0.15) is 37.4 Å². The number of aryl methyl sites for hydroxylation is 3. The van der Waals surface area contributed by atoms with Crippen LogP contribution in [-0.2, 0) is 19.5 Å². The van der Waals surface area contributed by atoms with Crippen molar-refractivity contribution in [1.29, 1.82) is 0 Å². The number of fused-ring (bicyclic) bond motifs is 2. The van der Waals surface area contributed by atoms with Gasteiger partial charge in [0.15, 0.2) is 0 Å². The molecule has 10 heteroatoms. The average Bonchev–Trinajstić information content (AvgIpc) is 3.28. The second-order valence-corrected chi connectivity index (χ2v) is 10.7. The van der Waals surface area contributed by atoms with Gasteiger partial charge in [-0.3, -0.25) is 9.59 Å². The number of piperazine rings is 1. The number of methoxy groups -OCH3 is 1. The number of anilines is 3. The lowest BCUT2D eigenvalue weighted by atomic mass is 10.0. The van der Waals surface area contributed by atoms with Gasteiger partial charge in [-0.05, 0) is 54.8 Å². The molecule has 0 spiro atoms. The number of nitrogens with one attached hydrogen (secondary N) is 3. The number of ether oxygens (including phenoxy) is 1. The normalized spacial score (nSPS) is 14.3. The summed E-state index contributed by atoms with van der Waals surface area (Å²) in [5.41, 5.74) is 13.3. The molecule has 0 unspecified atom stereocenters. The molecule has 3 heterocycles. The molecule has 0 atom stereocenters. The number of nitrogens with zero attached hydrogens (tertiary/aromatic N) is 3. The van der Waals surface area contributed by atoms with Crippen molar-refractivity contribution in [2.24, 2.45) is 5.73 Å². The molecule has 2 aliphatic rings. The predicted octanol–water partition coefficient (Wildman–Crippen LogP) is 3.61. The van der Waals surface area contributed by atoms with Gasteiger partial charge in [-0.2, -0.15) is 5.10 Å². The maximum Gasteiger partial charge on any atom is 0.255 e. The number of hydrogen-bond donors (Lipinski definition) is 4. The molecule has 1 aromatic heterocycles. The molecule has 1 fully saturated rings. The first-order valence-electron chi connectivity index (χ1n) is 14.2. The molecule has 0 bridgehead atoms. The number of nitrogens with two attached hydrogens (primary N) is 1. The SMILES string of the molecule is COc1ccc(C)cc1C(=O)NCc1ccc(-c2nn3c(c2C(N)=O)Nc2ccc(N4CCNCC4)cc2CC3)cc1. The predicted molar refractivity (Wildman–Crippen MR) is 164 cm³/mol. The van der Waals surface area contributed by atoms with Crippen molar-refractivity contribution in [3.05, 3.63) is 88.5 Å². The first kappa shape index (κ1) is 27.3. The van der Waals surface area contributed by atoms with Crippen LogP contribution in [-0.4, -0.2) is 54.9 Å². The van der Waals surface area contributed by atoms with Crippen LogP contribution in [0.15, 0.2) is 60.7 Å². The fraction of sp³-hybridized carbons (Fsp3) is 0.281. The molecule has 0 saturated carbocycles. The molecule has 42 heavy (non-hydrogen) atoms. The summed E-state index contributed by atoms with van der Waals surface area (Å²) < 4.78 is 7.18. The maximum atomic E-state index is 12.8. The van der Waals surface area contributed by atoms with E-state index in [2.05, 4.69) is 39.0 Å². The summed E-state index contributed by atoms with van der Waals surface area (Å²) in [5.74, 6) is 0.390. The Labute approximate surface area is 244 Å². The fourth-order valence-corrected chi connectivity index (χ4v) is 5.63. The van der Waals surface area contributed by atoms with E-state index in [9.17, 15) is 9.59 Å². The third-order valence-corrected chi connectivity index (χ3v) is 7.90. The van der Waals surface area contributed by atoms with E-state index in [-0.39, 0.29) is 5.91 Å². The number of hydrogen-bond acceptors (Lipinski definition) is 7. The van der Waals surface area contributed by atoms with Crippen molar-refractivity contribution in [1.82, 2.24) is 20.4 Å². The summed E-state index contributed by atoms with van der Waals surface area (Å²) in [7, 11) is 1.55. The van der Waals surface area contributed by atoms with Crippen molar-refractivity contribution in [2.45, 2.75) is 26.4 Å². The van der Waals surface area contributed by atoms with Crippen LogP contribution in [0.5, 0.6) is 5.75 Å². The Bertz CT molecular complexity index is 1640. The fourth-order valence-electron chi connectivity index (χ4n) is 5.63. The molecule has 0 radical (unpaired) electrons. The Morgan fingerprint density at radius 1 is 1.02 bits per heavy atom. The van der Waals surface area contributed by atoms with Gasteiger partial charge in [-0.25, -0.2) is 4.68 Å². The number of amides is 2. The van der Waals surface area contributed by atoms with Crippen molar-refractivity contribution < 1.29 is 14.3 Å². The molecule has 6 rings (SSSR count). The standard InChI is InChI=1S/C32H35N7O3/c1-20-3-10-27(42-2)25(17-20)32(41)35-19-21-4-6-22(7-5-21)29-28(30(33)40)31-36-26-9-8-24(38-15-12-34-13-16-38)18-23(26)11-14-39(31)37-29/h3-10,17-18,34,36H,11-16,19H2,1-2H3,(H2,33,40)(H,35,41). The van der Waals surface area contributed by atoms with Crippen molar-refractivity contribution >= 4 is 29.0 Å². The first-order valence-corrected chi connectivity index (χ1v) is 14.2. The molecule has 4 aromatic rings. The van der Waals surface area contributed by atoms with Gasteiger partial charge < -0.3 is 31.3 Å². The largest absolute Gasteiger partial charge is 0.496 e. The second kappa shape index (κ2) is 11.6. The van der Waals surface area contributed by atoms with E-state index < -0.39 is 5.91 Å². The lowest BCUT2D eigenvalue weighted by molar-refractivity contribution is 0.0946. The lowest BCUT2D eigenvalue weighted by Gasteiger charge is -2.30. The van der Waals surface area contributed by atoms with Crippen LogP contribution in [0.25, 0.3) is 11.3 Å². The van der Waals surface area contributed by atoms with Gasteiger partial charge in [-0.1, -0.05) is 35.9 Å². The summed E-state index contributed by atoms with van der Waals surface area (Å²) in [6, 6.07) is 19.6. The zero-order valence-electron chi connectivity index (χ0n) is 23.9. The number of aromatic nitrogens is 2. The molecule has 1 saturated heterocycles. The van der Waals surface area contributed by atoms with Crippen LogP contribution >= 0.6 is 0 Å². The number of carbonyl (C=O) groups is 2. The lowest BCUT2D eigenvalue weighted by Crippen LogP contribution is -2.43. The molecule has 216 valence electrons. The number of primary amides is 1. The van der Waals surface area contributed by atoms with Gasteiger partial charge in [-0.15, -0.1) is 0 Å². The highest BCUT2D eigenvalue weighted by molar-refractivity contribution is 6.04. The summed E-state index contributed by atoms with van der Waals surface area (Å²) in [6.07, 6.45) is 0.777. The van der Waals surface area contributed by atoms with Crippen LogP contribution in [0.3, 0.4) is 0 Å². The molecule has 5 N–H and O–H groups in total. The van der Waals surface area contributed by atoms with Gasteiger partial charge in [0.25, 0.3) is 11.8 Å². The summed E-state index contributed by atoms with van der Waals surface area (Å²) >= 11 is 0. The van der Waals surface area contributed by atoms with E-state index in [0.717, 1.165) is 55.0 Å². The van der Waals surface area contributed by atoms with Gasteiger partial charge in [0.05, 0.1) is 12.7 Å². The van der Waals surface area contributed by atoms with E-state index in [1.165, 1.54) is 11.3 Å². The molecule has 2 amide bonds. The molecule has 3 aromatic carbocycles. The van der Waals surface area contributed by atoms with E-state index >= 15 is 0 Å². The minimum absolute atomic E-state index is 0.208. The summed E-state index contributed by atoms with van der Waals surface area (Å²) in [6.45, 7) is 6.82. The Balaban J connectivity index is 1.20. The topological polar surface area (TPSA) is 127 Å². The Morgan fingerprint density at radius 3 is 2.55 bits per heavy atom. The highest BCUT2D eigenvalue weighted by atomic mass is 16.5. The van der Waals surface area contributed by atoms with Gasteiger partial charge >= 0.3 is 0 Å². The Morgan fingerprint density at radius 2 is 1.81 bits per heavy atom. The highest BCUT2D eigenvalue weighted by Gasteiger charge is 2.26. The third kappa shape index (κ3) is 5.40. The van der Waals surface area contributed by atoms with Crippen molar-refractivity contribution in [3.63, 3.8) is 0 Å². The quantitative estimate of drug-likeness (QED) is 0.270. The van der Waals surface area contributed by atoms with E-state index in [1.54, 1.807) is 13.2 Å². The summed E-state index contributed by atoms with van der Waals surface area (Å²) in [5, 5.41) is 14.6. The zero-order valence-corrected chi connectivity index (χ0v) is 23.9. The van der Waals surface area contributed by atoms with Crippen molar-refractivity contribution in [2.75, 3.05) is 43.5 Å². The molecule has 10 nitrogen and oxygen atoms in total. The second-order valence-electron chi connectivity index (χ2n) is 10.7. The Kier molecular flexibility index (Phi) is 7.54. The van der Waals surface area contributed by atoms with E-state index in [0.29, 0.717) is 41.5 Å². The number of carbonyl (C=O) groups excluding carboxylic acids is 2. The van der Waals surface area contributed by atoms with Gasteiger partial charge in [0.2, 0.25) is 0 Å². The number of rotatable bonds is 7. The van der Waals surface area contributed by atoms with Crippen LogP contribution in [0.4, 0.5) is 17.2 Å². The number of benzene rings is 3. The zero-order chi connectivity index (χ0) is 29.2. The Hall–Kier alpha value is -4.83. The third-order valence-electron chi connectivity index (χ3n) is 7.90. The van der Waals surface area contributed by atoms with E-state index in [4.69, 9.17) is 15.6 Å². The minimum Gasteiger partial charge on any atom is -0.496 e. The highest BCUT2D eigenvalue weighted by Crippen LogP contribution is 2.35. The molecule has 0 aliphatic carbocycles. The molecular weight excluding hydrogens is 530 g/mol. The van der Waals surface area contributed by atoms with Crippen LogP contribution in [0.2, 0.25) is 0 Å². The maximum absolute atomic E-state index is 12.8. The minimum atomic E-state index is -0.539. The summed E-state index contributed by atoms with van der Waals surface area (Å²) in [4.78, 5) is 27.9. The van der Waals surface area contributed by atoms with Crippen LogP contribution in [0, 0.1) is 6.92 Å². The smallest absolute Gasteiger partial charge is 0.255 e. The molecule has 2 aliphatic heterocycles. The van der Waals surface area contributed by atoms with Crippen LogP contribution < -0.4 is 31.3 Å². The molecular formula is C32H35N7O3. The monoisotopic (exact) mass is 565 g/mol. The van der Waals surface area contributed by atoms with Gasteiger partial charge in [0, 0.05) is 56.2 Å². The van der Waals surface area contributed by atoms with Gasteiger partial charge in [0.1, 0.15) is 22.8 Å².